The lowest BCUT2D eigenvalue weighted by Crippen LogP contribution is -2.35. The molecule has 0 aliphatic carbocycles. The van der Waals surface area contributed by atoms with E-state index in [4.69, 9.17) is 0 Å². The molecule has 0 saturated heterocycles. The lowest BCUT2D eigenvalue weighted by atomic mass is 10.1. The van der Waals surface area contributed by atoms with Gasteiger partial charge in [-0.05, 0) is 25.7 Å². The molecule has 2 aromatic rings. The molecule has 7 nitrogen and oxygen atoms in total. The molecule has 2 N–H and O–H groups in total. The number of aromatic amines is 1. The van der Waals surface area contributed by atoms with Gasteiger partial charge in [0.2, 0.25) is 0 Å². The molecule has 0 saturated carbocycles. The van der Waals surface area contributed by atoms with Crippen molar-refractivity contribution >= 4 is 17.2 Å². The third-order valence-electron chi connectivity index (χ3n) is 3.84. The Bertz CT molecular complexity index is 717. The number of carbonyl (C=O) groups excluding carboxylic acids is 1. The van der Waals surface area contributed by atoms with E-state index in [1.54, 1.807) is 4.57 Å². The molecular weight excluding hydrogens is 302 g/mol. The predicted octanol–water partition coefficient (Wildman–Crippen LogP) is 1.12. The summed E-state index contributed by atoms with van der Waals surface area (Å²) in [4.78, 5) is 28.2. The van der Waals surface area contributed by atoms with E-state index in [2.05, 4.69) is 27.4 Å². The van der Waals surface area contributed by atoms with Crippen LogP contribution in [-0.4, -0.2) is 31.7 Å². The molecular formula is C14H19N5O2S. The maximum absolute atomic E-state index is 12.3. The summed E-state index contributed by atoms with van der Waals surface area (Å²) >= 11 is 1.53. The van der Waals surface area contributed by atoms with E-state index in [-0.39, 0.29) is 17.6 Å². The number of H-pyrrole nitrogens is 1. The number of nitrogens with zero attached hydrogens (tertiary/aromatic N) is 3. The molecule has 2 aromatic heterocycles. The van der Waals surface area contributed by atoms with Crippen LogP contribution < -0.4 is 11.0 Å². The van der Waals surface area contributed by atoms with Gasteiger partial charge in [0, 0.05) is 24.4 Å². The van der Waals surface area contributed by atoms with Gasteiger partial charge in [0.15, 0.2) is 0 Å². The summed E-state index contributed by atoms with van der Waals surface area (Å²) in [7, 11) is 0. The molecule has 0 radical (unpaired) electrons. The van der Waals surface area contributed by atoms with Gasteiger partial charge in [0.05, 0.1) is 5.01 Å². The summed E-state index contributed by atoms with van der Waals surface area (Å²) in [6.07, 6.45) is 4.12. The number of aromatic nitrogens is 4. The standard InChI is InChI=1S/C14H19N5O2S/c1-2-3-12-16-10(8-22-12)13(20)15-9-4-5-11-17-18-14(21)19(11)7-6-9/h8-9H,2-7H2,1H3,(H,15,20)(H,18,21). The molecule has 3 heterocycles. The van der Waals surface area contributed by atoms with Crippen LogP contribution in [0.1, 0.15) is 47.5 Å². The number of hydrogen-bond donors (Lipinski definition) is 2. The van der Waals surface area contributed by atoms with E-state index in [1.165, 1.54) is 11.3 Å². The Morgan fingerprint density at radius 2 is 2.41 bits per heavy atom. The van der Waals surface area contributed by atoms with E-state index in [1.807, 2.05) is 5.38 Å². The number of aryl methyl sites for hydroxylation is 2. The van der Waals surface area contributed by atoms with Crippen molar-refractivity contribution in [1.82, 2.24) is 25.1 Å². The normalized spacial score (nSPS) is 17.8. The van der Waals surface area contributed by atoms with Crippen LogP contribution in [0.25, 0.3) is 0 Å². The molecule has 0 fully saturated rings. The Morgan fingerprint density at radius 3 is 3.23 bits per heavy atom. The molecule has 1 unspecified atom stereocenters. The Hall–Kier alpha value is -1.96. The average molecular weight is 321 g/mol. The van der Waals surface area contributed by atoms with Crippen LogP contribution in [0.2, 0.25) is 0 Å². The summed E-state index contributed by atoms with van der Waals surface area (Å²) in [6, 6.07) is 0.0462. The molecule has 3 rings (SSSR count). The van der Waals surface area contributed by atoms with Gasteiger partial charge in [-0.3, -0.25) is 9.36 Å². The van der Waals surface area contributed by atoms with Gasteiger partial charge < -0.3 is 5.32 Å². The van der Waals surface area contributed by atoms with Crippen molar-refractivity contribution in [3.63, 3.8) is 0 Å². The summed E-state index contributed by atoms with van der Waals surface area (Å²) in [6.45, 7) is 2.67. The summed E-state index contributed by atoms with van der Waals surface area (Å²) in [5.41, 5.74) is 0.318. The minimum Gasteiger partial charge on any atom is -0.348 e. The number of thiazole rings is 1. The van der Waals surface area contributed by atoms with Crippen molar-refractivity contribution in [1.29, 1.82) is 0 Å². The zero-order valence-electron chi connectivity index (χ0n) is 12.5. The minimum atomic E-state index is -0.175. The lowest BCUT2D eigenvalue weighted by Gasteiger charge is -2.14. The lowest BCUT2D eigenvalue weighted by molar-refractivity contribution is 0.0928. The molecule has 1 aliphatic heterocycles. The highest BCUT2D eigenvalue weighted by molar-refractivity contribution is 7.09. The first kappa shape index (κ1) is 15.0. The van der Waals surface area contributed by atoms with E-state index in [0.717, 1.165) is 36.5 Å². The molecule has 0 aromatic carbocycles. The topological polar surface area (TPSA) is 92.7 Å². The van der Waals surface area contributed by atoms with Crippen LogP contribution in [0.4, 0.5) is 0 Å². The van der Waals surface area contributed by atoms with E-state index >= 15 is 0 Å². The van der Waals surface area contributed by atoms with Crippen molar-refractivity contribution in [3.8, 4) is 0 Å². The number of rotatable bonds is 4. The number of amides is 1. The molecule has 0 spiro atoms. The van der Waals surface area contributed by atoms with Crippen molar-refractivity contribution in [2.24, 2.45) is 0 Å². The molecule has 118 valence electrons. The van der Waals surface area contributed by atoms with Crippen LogP contribution in [0.3, 0.4) is 0 Å². The summed E-state index contributed by atoms with van der Waals surface area (Å²) in [5, 5.41) is 12.3. The zero-order chi connectivity index (χ0) is 15.5. The van der Waals surface area contributed by atoms with Gasteiger partial charge in [0.1, 0.15) is 11.5 Å². The number of fused-ring (bicyclic) bond motifs is 1. The molecule has 1 atom stereocenters. The smallest absolute Gasteiger partial charge is 0.343 e. The molecule has 22 heavy (non-hydrogen) atoms. The van der Waals surface area contributed by atoms with Gasteiger partial charge in [-0.25, -0.2) is 14.9 Å². The second kappa shape index (κ2) is 6.43. The van der Waals surface area contributed by atoms with Gasteiger partial charge in [-0.2, -0.15) is 5.10 Å². The first-order chi connectivity index (χ1) is 10.7. The summed E-state index contributed by atoms with van der Waals surface area (Å²) in [5.74, 6) is 0.637. The van der Waals surface area contributed by atoms with Crippen LogP contribution in [0.5, 0.6) is 0 Å². The van der Waals surface area contributed by atoms with Crippen molar-refractivity contribution < 1.29 is 4.79 Å². The molecule has 1 aliphatic rings. The number of hydrogen-bond acceptors (Lipinski definition) is 5. The van der Waals surface area contributed by atoms with Crippen LogP contribution in [0, 0.1) is 0 Å². The Balaban J connectivity index is 1.61. The van der Waals surface area contributed by atoms with Crippen LogP contribution >= 0.6 is 11.3 Å². The second-order valence-corrected chi connectivity index (χ2v) is 6.41. The first-order valence-electron chi connectivity index (χ1n) is 7.56. The van der Waals surface area contributed by atoms with Gasteiger partial charge in [0.25, 0.3) is 5.91 Å². The fourth-order valence-electron chi connectivity index (χ4n) is 2.65. The SMILES string of the molecule is CCCc1nc(C(=O)NC2CCc3n[nH]c(=O)n3CC2)cs1. The molecule has 0 bridgehead atoms. The van der Waals surface area contributed by atoms with E-state index in [0.29, 0.717) is 18.7 Å². The molecule has 8 heteroatoms. The zero-order valence-corrected chi connectivity index (χ0v) is 13.3. The molecule has 1 amide bonds. The van der Waals surface area contributed by atoms with Gasteiger partial charge >= 0.3 is 5.69 Å². The summed E-state index contributed by atoms with van der Waals surface area (Å²) < 4.78 is 1.65. The quantitative estimate of drug-likeness (QED) is 0.882. The Kier molecular flexibility index (Phi) is 4.37. The highest BCUT2D eigenvalue weighted by Gasteiger charge is 2.21. The van der Waals surface area contributed by atoms with Crippen molar-refractivity contribution in [3.05, 3.63) is 32.4 Å². The average Bonchev–Trinajstić information content (AvgIpc) is 3.04. The highest BCUT2D eigenvalue weighted by atomic mass is 32.1. The number of carbonyl (C=O) groups is 1. The van der Waals surface area contributed by atoms with E-state index < -0.39 is 0 Å². The van der Waals surface area contributed by atoms with Crippen molar-refractivity contribution in [2.45, 2.75) is 51.6 Å². The maximum atomic E-state index is 12.3. The third-order valence-corrected chi connectivity index (χ3v) is 4.75. The van der Waals surface area contributed by atoms with Crippen LogP contribution in [0.15, 0.2) is 10.2 Å². The Labute approximate surface area is 131 Å². The third kappa shape index (κ3) is 3.11. The maximum Gasteiger partial charge on any atom is 0.343 e. The first-order valence-corrected chi connectivity index (χ1v) is 8.44. The predicted molar refractivity (Wildman–Crippen MR) is 83.1 cm³/mol. The Morgan fingerprint density at radius 1 is 1.55 bits per heavy atom. The second-order valence-electron chi connectivity index (χ2n) is 5.47. The fourth-order valence-corrected chi connectivity index (χ4v) is 3.53. The monoisotopic (exact) mass is 321 g/mol. The number of nitrogens with one attached hydrogen (secondary N) is 2. The fraction of sp³-hybridized carbons (Fsp3) is 0.571. The van der Waals surface area contributed by atoms with Gasteiger partial charge in [-0.15, -0.1) is 11.3 Å². The van der Waals surface area contributed by atoms with Gasteiger partial charge in [-0.1, -0.05) is 6.92 Å². The van der Waals surface area contributed by atoms with E-state index in [9.17, 15) is 9.59 Å². The minimum absolute atomic E-state index is 0.0462. The van der Waals surface area contributed by atoms with Crippen LogP contribution in [-0.2, 0) is 19.4 Å². The van der Waals surface area contributed by atoms with Crippen molar-refractivity contribution in [2.75, 3.05) is 0 Å². The largest absolute Gasteiger partial charge is 0.348 e. The highest BCUT2D eigenvalue weighted by Crippen LogP contribution is 2.14.